The maximum absolute atomic E-state index is 2.25. The first-order valence-corrected chi connectivity index (χ1v) is 6.46. The third-order valence-corrected chi connectivity index (χ3v) is 2.99. The van der Waals surface area contributed by atoms with Gasteiger partial charge in [-0.3, -0.25) is 0 Å². The van der Waals surface area contributed by atoms with E-state index >= 15 is 0 Å². The Hall–Kier alpha value is -1.63. The molecule has 88 valence electrons. The molecular weight excluding hydrogens is 206 g/mol. The molecule has 0 bridgehead atoms. The Morgan fingerprint density at radius 2 is 1.76 bits per heavy atom. The van der Waals surface area contributed by atoms with Gasteiger partial charge < -0.3 is 0 Å². The normalized spacial score (nSPS) is 10.4. The van der Waals surface area contributed by atoms with E-state index in [1.54, 1.807) is 0 Å². The molecule has 1 heteroatoms. The van der Waals surface area contributed by atoms with Crippen molar-refractivity contribution in [3.8, 4) is 5.69 Å². The van der Waals surface area contributed by atoms with Gasteiger partial charge in [0.1, 0.15) is 0 Å². The monoisotopic (exact) mass is 226 g/mol. The molecule has 2 aromatic rings. The van der Waals surface area contributed by atoms with Gasteiger partial charge in [-0.05, 0) is 18.9 Å². The first-order chi connectivity index (χ1) is 8.40. The lowest BCUT2D eigenvalue weighted by Gasteiger charge is -2.00. The molecule has 0 saturated carbocycles. The minimum absolute atomic E-state index is 1.18. The van der Waals surface area contributed by atoms with Crippen LogP contribution in [0.1, 0.15) is 31.7 Å². The smallest absolute Gasteiger partial charge is 0.167 e. The van der Waals surface area contributed by atoms with Crippen molar-refractivity contribution < 1.29 is 4.57 Å². The van der Waals surface area contributed by atoms with Gasteiger partial charge in [0.25, 0.3) is 0 Å². The highest BCUT2D eigenvalue weighted by molar-refractivity contribution is 5.22. The van der Waals surface area contributed by atoms with Crippen LogP contribution in [0.25, 0.3) is 5.69 Å². The minimum atomic E-state index is 1.18. The van der Waals surface area contributed by atoms with E-state index in [1.165, 1.54) is 36.9 Å². The molecule has 1 aromatic heterocycles. The highest BCUT2D eigenvalue weighted by atomic mass is 14.9. The van der Waals surface area contributed by atoms with Gasteiger partial charge in [-0.25, -0.2) is 0 Å². The number of hydrogen-bond donors (Lipinski definition) is 0. The second-order valence-corrected chi connectivity index (χ2v) is 4.41. The van der Waals surface area contributed by atoms with Gasteiger partial charge in [-0.1, -0.05) is 38.0 Å². The third kappa shape index (κ3) is 3.42. The van der Waals surface area contributed by atoms with Crippen LogP contribution >= 0.6 is 0 Å². The van der Waals surface area contributed by atoms with Crippen molar-refractivity contribution in [2.75, 3.05) is 0 Å². The predicted octanol–water partition coefficient (Wildman–Crippen LogP) is 3.70. The molecule has 0 unspecified atom stereocenters. The van der Waals surface area contributed by atoms with Crippen LogP contribution in [0, 0.1) is 0 Å². The summed E-state index contributed by atoms with van der Waals surface area (Å²) in [6.07, 6.45) is 9.42. The number of hydrogen-bond acceptors (Lipinski definition) is 0. The summed E-state index contributed by atoms with van der Waals surface area (Å²) in [5, 5.41) is 0. The number of unbranched alkanes of at least 4 members (excludes halogenated alkanes) is 2. The van der Waals surface area contributed by atoms with Crippen molar-refractivity contribution in [1.29, 1.82) is 0 Å². The van der Waals surface area contributed by atoms with Gasteiger partial charge in [0.05, 0.1) is 0 Å². The topological polar surface area (TPSA) is 3.88 Å². The third-order valence-electron chi connectivity index (χ3n) is 2.99. The van der Waals surface area contributed by atoms with Crippen LogP contribution in [-0.4, -0.2) is 0 Å². The average molecular weight is 226 g/mol. The molecule has 0 atom stereocenters. The van der Waals surface area contributed by atoms with E-state index in [1.807, 2.05) is 0 Å². The van der Waals surface area contributed by atoms with Gasteiger partial charge in [-0.2, -0.15) is 4.57 Å². The maximum Gasteiger partial charge on any atom is 0.210 e. The predicted molar refractivity (Wildman–Crippen MR) is 71.2 cm³/mol. The number of benzene rings is 1. The van der Waals surface area contributed by atoms with Crippen molar-refractivity contribution in [3.63, 3.8) is 0 Å². The lowest BCUT2D eigenvalue weighted by Crippen LogP contribution is -2.29. The van der Waals surface area contributed by atoms with Crippen LogP contribution in [0.15, 0.2) is 54.9 Å². The molecule has 1 heterocycles. The van der Waals surface area contributed by atoms with Gasteiger partial charge in [-0.15, -0.1) is 0 Å². The Bertz CT molecular complexity index is 448. The fourth-order valence-corrected chi connectivity index (χ4v) is 2.01. The molecule has 0 saturated heterocycles. The van der Waals surface area contributed by atoms with Gasteiger partial charge in [0.15, 0.2) is 12.4 Å². The van der Waals surface area contributed by atoms with Crippen LogP contribution < -0.4 is 4.57 Å². The maximum atomic E-state index is 2.25. The minimum Gasteiger partial charge on any atom is -0.167 e. The van der Waals surface area contributed by atoms with Gasteiger partial charge >= 0.3 is 0 Å². The summed E-state index contributed by atoms with van der Waals surface area (Å²) in [5.74, 6) is 0. The quantitative estimate of drug-likeness (QED) is 0.540. The van der Waals surface area contributed by atoms with Crippen LogP contribution in [0.3, 0.4) is 0 Å². The fourth-order valence-electron chi connectivity index (χ4n) is 2.01. The number of aromatic nitrogens is 1. The molecule has 0 amide bonds. The summed E-state index contributed by atoms with van der Waals surface area (Å²) in [6, 6.07) is 14.8. The number of para-hydroxylation sites is 1. The zero-order chi connectivity index (χ0) is 11.9. The van der Waals surface area contributed by atoms with E-state index in [9.17, 15) is 0 Å². The number of rotatable bonds is 5. The van der Waals surface area contributed by atoms with Crippen LogP contribution in [0.4, 0.5) is 0 Å². The highest BCUT2D eigenvalue weighted by Crippen LogP contribution is 2.05. The summed E-state index contributed by atoms with van der Waals surface area (Å²) in [6.45, 7) is 2.25. The largest absolute Gasteiger partial charge is 0.210 e. The van der Waals surface area contributed by atoms with Crippen LogP contribution in [0.5, 0.6) is 0 Å². The van der Waals surface area contributed by atoms with E-state index in [0.29, 0.717) is 0 Å². The molecule has 0 N–H and O–H groups in total. The van der Waals surface area contributed by atoms with E-state index < -0.39 is 0 Å². The Balaban J connectivity index is 2.12. The molecule has 0 aliphatic rings. The molecule has 0 fully saturated rings. The molecular formula is C16H20N+. The molecule has 1 nitrogen and oxygen atoms in total. The standard InChI is InChI=1S/C16H20N/c1-2-3-5-9-15-10-8-13-17(14-15)16-11-6-4-7-12-16/h4,6-8,10-14H,2-3,5,9H2,1H3/q+1. The number of pyridine rings is 1. The van der Waals surface area contributed by atoms with Gasteiger partial charge in [0.2, 0.25) is 5.69 Å². The van der Waals surface area contributed by atoms with E-state index in [0.717, 1.165) is 0 Å². The Morgan fingerprint density at radius 3 is 2.53 bits per heavy atom. The molecule has 2 rings (SSSR count). The van der Waals surface area contributed by atoms with Crippen molar-refractivity contribution in [2.24, 2.45) is 0 Å². The Morgan fingerprint density at radius 1 is 0.941 bits per heavy atom. The molecule has 0 spiro atoms. The second kappa shape index (κ2) is 6.19. The molecule has 0 radical (unpaired) electrons. The fraction of sp³-hybridized carbons (Fsp3) is 0.312. The van der Waals surface area contributed by atoms with Crippen molar-refractivity contribution in [1.82, 2.24) is 0 Å². The second-order valence-electron chi connectivity index (χ2n) is 4.41. The lowest BCUT2D eigenvalue weighted by molar-refractivity contribution is -0.596. The summed E-state index contributed by atoms with van der Waals surface area (Å²) in [5.41, 5.74) is 2.65. The first kappa shape index (κ1) is 11.8. The summed E-state index contributed by atoms with van der Waals surface area (Å²) < 4.78 is 2.20. The lowest BCUT2D eigenvalue weighted by atomic mass is 10.1. The summed E-state index contributed by atoms with van der Waals surface area (Å²) in [4.78, 5) is 0. The van der Waals surface area contributed by atoms with Crippen molar-refractivity contribution in [2.45, 2.75) is 32.6 Å². The van der Waals surface area contributed by atoms with Crippen molar-refractivity contribution in [3.05, 3.63) is 60.4 Å². The molecule has 0 aliphatic carbocycles. The van der Waals surface area contributed by atoms with E-state index in [-0.39, 0.29) is 0 Å². The van der Waals surface area contributed by atoms with Crippen LogP contribution in [0.2, 0.25) is 0 Å². The number of nitrogens with zero attached hydrogens (tertiary/aromatic N) is 1. The molecule has 1 aromatic carbocycles. The molecule has 0 aliphatic heterocycles. The zero-order valence-electron chi connectivity index (χ0n) is 10.5. The average Bonchev–Trinajstić information content (AvgIpc) is 2.41. The summed E-state index contributed by atoms with van der Waals surface area (Å²) in [7, 11) is 0. The highest BCUT2D eigenvalue weighted by Gasteiger charge is 2.05. The Labute approximate surface area is 104 Å². The van der Waals surface area contributed by atoms with E-state index in [2.05, 4.69) is 66.3 Å². The molecule has 17 heavy (non-hydrogen) atoms. The SMILES string of the molecule is CCCCCc1ccc[n+](-c2ccccc2)c1. The van der Waals surface area contributed by atoms with Crippen molar-refractivity contribution >= 4 is 0 Å². The summed E-state index contributed by atoms with van der Waals surface area (Å²) >= 11 is 0. The first-order valence-electron chi connectivity index (χ1n) is 6.46. The van der Waals surface area contributed by atoms with Gasteiger partial charge in [0, 0.05) is 23.8 Å². The van der Waals surface area contributed by atoms with Crippen LogP contribution in [-0.2, 0) is 6.42 Å². The number of aryl methyl sites for hydroxylation is 1. The zero-order valence-corrected chi connectivity index (χ0v) is 10.5. The Kier molecular flexibility index (Phi) is 4.31. The van der Waals surface area contributed by atoms with E-state index in [4.69, 9.17) is 0 Å².